The van der Waals surface area contributed by atoms with Gasteiger partial charge in [0.05, 0.1) is 0 Å². The molecular weight excluding hydrogens is 354 g/mol. The van der Waals surface area contributed by atoms with Gasteiger partial charge in [-0.2, -0.15) is 0 Å². The number of rotatable bonds is 2. The van der Waals surface area contributed by atoms with Crippen molar-refractivity contribution in [3.05, 3.63) is 42.8 Å². The van der Waals surface area contributed by atoms with E-state index in [1.807, 2.05) is 0 Å². The van der Waals surface area contributed by atoms with Gasteiger partial charge in [-0.3, -0.25) is 0 Å². The summed E-state index contributed by atoms with van der Waals surface area (Å²) in [5, 5.41) is 0. The van der Waals surface area contributed by atoms with Crippen molar-refractivity contribution in [1.29, 1.82) is 0 Å². The molecule has 0 aromatic carbocycles. The van der Waals surface area contributed by atoms with Crippen LogP contribution in [0.5, 0.6) is 0 Å². The molecule has 0 saturated carbocycles. The van der Waals surface area contributed by atoms with Crippen LogP contribution in [0.25, 0.3) is 0 Å². The molecule has 0 N–H and O–H groups in total. The molecule has 2 aliphatic rings. The molecule has 0 amide bonds. The molecule has 0 nitrogen and oxygen atoms in total. The molecule has 0 spiro atoms. The number of halogens is 2. The van der Waals surface area contributed by atoms with Crippen LogP contribution in [0.1, 0.15) is 48.0 Å². The van der Waals surface area contributed by atoms with Crippen LogP contribution in [0.3, 0.4) is 0 Å². The molecule has 104 valence electrons. The van der Waals surface area contributed by atoms with Crippen molar-refractivity contribution in [1.82, 2.24) is 0 Å². The van der Waals surface area contributed by atoms with E-state index in [1.54, 1.807) is 36.7 Å². The van der Waals surface area contributed by atoms with Gasteiger partial charge >= 0.3 is 118 Å². The Balaban J connectivity index is 0.00000162. The maximum atomic E-state index is 2.50. The molecule has 0 atom stereocenters. The molecule has 0 heterocycles. The Labute approximate surface area is 141 Å². The van der Waals surface area contributed by atoms with Gasteiger partial charge in [0.25, 0.3) is 0 Å². The molecule has 0 unspecified atom stereocenters. The van der Waals surface area contributed by atoms with E-state index in [-0.39, 0.29) is 24.8 Å². The first-order valence-electron chi connectivity index (χ1n) is 6.42. The number of hydrogen-bond acceptors (Lipinski definition) is 0. The van der Waals surface area contributed by atoms with Crippen LogP contribution in [0.4, 0.5) is 0 Å². The summed E-state index contributed by atoms with van der Waals surface area (Å²) in [6.45, 7) is 13.9. The fourth-order valence-electron chi connectivity index (χ4n) is 2.68. The summed E-state index contributed by atoms with van der Waals surface area (Å²) in [6.07, 6.45) is 3.71. The molecule has 0 radical (unpaired) electrons. The summed E-state index contributed by atoms with van der Waals surface area (Å²) in [5.74, 6) is 0. The van der Waals surface area contributed by atoms with E-state index in [4.69, 9.17) is 0 Å². The third kappa shape index (κ3) is 3.55. The fraction of sp³-hybridized carbons (Fsp3) is 0.500. The smallest absolute Gasteiger partial charge is 1.00 e. The molecule has 0 aromatic rings. The van der Waals surface area contributed by atoms with E-state index in [9.17, 15) is 0 Å². The van der Waals surface area contributed by atoms with Gasteiger partial charge in [-0.15, -0.1) is 0 Å². The van der Waals surface area contributed by atoms with Gasteiger partial charge in [0.1, 0.15) is 0 Å². The van der Waals surface area contributed by atoms with Gasteiger partial charge in [0, 0.05) is 0 Å². The second-order valence-electron chi connectivity index (χ2n) is 5.42. The van der Waals surface area contributed by atoms with E-state index < -0.39 is 23.2 Å². The Morgan fingerprint density at radius 3 is 1.68 bits per heavy atom. The molecule has 2 rings (SSSR count). The predicted molar refractivity (Wildman–Crippen MR) is 71.6 cm³/mol. The summed E-state index contributed by atoms with van der Waals surface area (Å²) in [4.78, 5) is 0. The number of hydrogen-bond donors (Lipinski definition) is 0. The minimum absolute atomic E-state index is 0. The van der Waals surface area contributed by atoms with Crippen LogP contribution in [0, 0.1) is 0 Å². The van der Waals surface area contributed by atoms with E-state index in [0.717, 1.165) is 3.63 Å². The fourth-order valence-corrected chi connectivity index (χ4v) is 7.17. The van der Waals surface area contributed by atoms with Gasteiger partial charge < -0.3 is 24.8 Å². The second kappa shape index (κ2) is 7.44. The van der Waals surface area contributed by atoms with Crippen molar-refractivity contribution in [3.8, 4) is 0 Å². The third-order valence-corrected chi connectivity index (χ3v) is 9.59. The second-order valence-corrected chi connectivity index (χ2v) is 8.87. The SMILES string of the molecule is CC1=C(C)[C]([Zr+2][CH]2C(C)=C(C)C(C)=C2C)=CC1.[Cl-].[Cl-]. The summed E-state index contributed by atoms with van der Waals surface area (Å²) in [6, 6.07) is 0. The normalized spacial score (nSPS) is 19.4. The molecule has 19 heavy (non-hydrogen) atoms. The van der Waals surface area contributed by atoms with E-state index in [2.05, 4.69) is 47.6 Å². The van der Waals surface area contributed by atoms with Gasteiger partial charge in [-0.1, -0.05) is 0 Å². The van der Waals surface area contributed by atoms with Crippen molar-refractivity contribution >= 4 is 0 Å². The Hall–Kier alpha value is 0.423. The van der Waals surface area contributed by atoms with E-state index >= 15 is 0 Å². The molecule has 0 saturated heterocycles. The Morgan fingerprint density at radius 1 is 0.842 bits per heavy atom. The quantitative estimate of drug-likeness (QED) is 0.591. The van der Waals surface area contributed by atoms with E-state index in [1.165, 1.54) is 6.42 Å². The average molecular weight is 376 g/mol. The monoisotopic (exact) mass is 374 g/mol. The van der Waals surface area contributed by atoms with Crippen LogP contribution in [-0.2, 0) is 23.2 Å². The van der Waals surface area contributed by atoms with Crippen molar-refractivity contribution in [2.75, 3.05) is 0 Å². The van der Waals surface area contributed by atoms with Crippen LogP contribution in [0.2, 0.25) is 3.63 Å². The molecule has 0 fully saturated rings. The summed E-state index contributed by atoms with van der Waals surface area (Å²) < 4.78 is 2.57. The third-order valence-electron chi connectivity index (χ3n) is 4.57. The topological polar surface area (TPSA) is 0 Å². The van der Waals surface area contributed by atoms with Crippen molar-refractivity contribution in [2.45, 2.75) is 51.6 Å². The van der Waals surface area contributed by atoms with Crippen LogP contribution in [0.15, 0.2) is 42.8 Å². The number of allylic oxidation sites excluding steroid dienone is 8. The van der Waals surface area contributed by atoms with Crippen LogP contribution < -0.4 is 24.8 Å². The first-order chi connectivity index (χ1) is 7.93. The van der Waals surface area contributed by atoms with Crippen molar-refractivity contribution < 1.29 is 48.0 Å². The Kier molecular flexibility index (Phi) is 7.60. The molecule has 0 aromatic heterocycles. The standard InChI is InChI=1S/C9H13.C7H9.2ClH.Zr/c1-6-5-7(2)9(4)8(6)3;1-6-4-3-5-7(6)2;;;/h5H,1-4H3;3H,4H2,1-2H3;2*1H;/q;;;;+2/p-2. The summed E-state index contributed by atoms with van der Waals surface area (Å²) in [7, 11) is 0. The van der Waals surface area contributed by atoms with E-state index in [0.29, 0.717) is 0 Å². The molecule has 0 bridgehead atoms. The van der Waals surface area contributed by atoms with Crippen LogP contribution in [-0.4, -0.2) is 0 Å². The first kappa shape index (κ1) is 19.4. The Morgan fingerprint density at radius 2 is 1.32 bits per heavy atom. The average Bonchev–Trinajstić information content (AvgIpc) is 2.71. The van der Waals surface area contributed by atoms with Gasteiger partial charge in [-0.25, -0.2) is 0 Å². The zero-order valence-electron chi connectivity index (χ0n) is 12.6. The summed E-state index contributed by atoms with van der Waals surface area (Å²) in [5.41, 5.74) is 9.64. The Bertz CT molecular complexity index is 469. The predicted octanol–water partition coefficient (Wildman–Crippen LogP) is -0.824. The molecule has 2 aliphatic carbocycles. The van der Waals surface area contributed by atoms with Gasteiger partial charge in [0.15, 0.2) is 0 Å². The van der Waals surface area contributed by atoms with Crippen molar-refractivity contribution in [2.24, 2.45) is 0 Å². The van der Waals surface area contributed by atoms with Gasteiger partial charge in [-0.05, 0) is 0 Å². The van der Waals surface area contributed by atoms with Crippen LogP contribution >= 0.6 is 0 Å². The maximum absolute atomic E-state index is 2.50. The maximum Gasteiger partial charge on any atom is -1.00 e. The first-order valence-corrected chi connectivity index (χ1v) is 9.06. The zero-order chi connectivity index (χ0) is 12.7. The zero-order valence-corrected chi connectivity index (χ0v) is 16.6. The molecule has 3 heteroatoms. The van der Waals surface area contributed by atoms with Gasteiger partial charge in [0.2, 0.25) is 0 Å². The molecule has 0 aliphatic heterocycles. The van der Waals surface area contributed by atoms with Crippen molar-refractivity contribution in [3.63, 3.8) is 0 Å². The molecular formula is C16H22Cl2Zr. The summed E-state index contributed by atoms with van der Waals surface area (Å²) >= 11 is -0.497. The minimum atomic E-state index is -0.497. The minimum Gasteiger partial charge on any atom is -1.00 e. The largest absolute Gasteiger partial charge is 1.00 e.